The third-order valence-electron chi connectivity index (χ3n) is 25.0. The average Bonchev–Trinajstić information content (AvgIpc) is 1.62. The van der Waals surface area contributed by atoms with Crippen LogP contribution >= 0.6 is 17.8 Å². The number of hydrogen-bond donors (Lipinski definition) is 4. The van der Waals surface area contributed by atoms with E-state index in [1.54, 1.807) is 12.2 Å². The Morgan fingerprint density at radius 3 is 1.06 bits per heavy atom. The molecule has 0 fully saturated rings. The van der Waals surface area contributed by atoms with E-state index in [-0.39, 0.29) is 85.3 Å². The third-order valence-corrected chi connectivity index (χ3v) is 25.0. The minimum absolute atomic E-state index is 0. The van der Waals surface area contributed by atoms with Crippen molar-refractivity contribution < 1.29 is 83.4 Å². The van der Waals surface area contributed by atoms with Gasteiger partial charge in [0.1, 0.15) is 0 Å². The van der Waals surface area contributed by atoms with E-state index in [2.05, 4.69) is 184 Å². The fourth-order valence-electron chi connectivity index (χ4n) is 18.3. The maximum absolute atomic E-state index is 11.5. The summed E-state index contributed by atoms with van der Waals surface area (Å²) < 4.78 is 6.20. The van der Waals surface area contributed by atoms with Crippen LogP contribution in [0.15, 0.2) is 316 Å². The number of benzene rings is 9. The molecule has 0 amide bonds. The number of hydrogen-bond acceptors (Lipinski definition) is 12. The molecule has 2 atom stereocenters. The van der Waals surface area contributed by atoms with Crippen molar-refractivity contribution in [2.45, 2.75) is 53.4 Å². The van der Waals surface area contributed by atoms with Crippen LogP contribution in [0.25, 0.3) is 231 Å². The number of nitrogens with one attached hydrogen (secondary N) is 2. The molecule has 4 N–H and O–H groups in total. The van der Waals surface area contributed by atoms with E-state index in [9.17, 15) is 19.8 Å². The molecule has 15 heterocycles. The van der Waals surface area contributed by atoms with Gasteiger partial charge in [-0.1, -0.05) is 285 Å². The molecular formula is C116H87ClFe3N16O4P2-2. The summed E-state index contributed by atoms with van der Waals surface area (Å²) in [5.41, 5.74) is 34.6. The summed E-state index contributed by atoms with van der Waals surface area (Å²) in [5.74, 6) is 0.412. The molecule has 2 unspecified atom stereocenters. The van der Waals surface area contributed by atoms with Gasteiger partial charge in [0.2, 0.25) is 0 Å². The van der Waals surface area contributed by atoms with Gasteiger partial charge in [-0.05, 0) is 155 Å². The topological polar surface area (TPSA) is 291 Å². The average molecular weight is 2040 g/mol. The molecule has 0 radical (unpaired) electrons. The van der Waals surface area contributed by atoms with Crippen LogP contribution in [-0.2, 0) is 67.2 Å². The van der Waals surface area contributed by atoms with Crippen LogP contribution in [-0.4, -0.2) is 83.2 Å². The van der Waals surface area contributed by atoms with Crippen LogP contribution in [0, 0.1) is 19.9 Å². The number of fused-ring (bicyclic) bond motifs is 36. The molecule has 24 bridgehead atoms. The zero-order valence-corrected chi connectivity index (χ0v) is 83.2. The van der Waals surface area contributed by atoms with Crippen molar-refractivity contribution in [3.63, 3.8) is 0 Å². The largest absolute Gasteiger partial charge is 2.00 e. The Morgan fingerprint density at radius 1 is 0.380 bits per heavy atom. The van der Waals surface area contributed by atoms with Crippen LogP contribution in [0.3, 0.4) is 0 Å². The molecule has 0 aliphatic carbocycles. The fraction of sp³-hybridized carbons (Fsp3) is 0.0690. The van der Waals surface area contributed by atoms with Crippen molar-refractivity contribution in [1.29, 1.82) is 1.28 Å². The zero-order valence-electron chi connectivity index (χ0n) is 78.0. The van der Waals surface area contributed by atoms with Gasteiger partial charge in [-0.2, -0.15) is 36.4 Å². The Bertz CT molecular complexity index is 8010. The number of carboxylic acids is 2. The van der Waals surface area contributed by atoms with E-state index >= 15 is 0 Å². The number of carbonyl (C=O) groups is 2. The van der Waals surface area contributed by atoms with Gasteiger partial charge in [-0.15, -0.1) is 39.9 Å². The molecular weight excluding hydrogens is 1950 g/mol. The molecule has 0 saturated carbocycles. The van der Waals surface area contributed by atoms with Gasteiger partial charge in [0, 0.05) is 125 Å². The second kappa shape index (κ2) is 44.0. The van der Waals surface area contributed by atoms with Gasteiger partial charge in [0.15, 0.2) is 0 Å². The van der Waals surface area contributed by atoms with E-state index in [1.165, 1.54) is 0 Å². The number of aromatic nitrogens is 16. The van der Waals surface area contributed by atoms with Crippen LogP contribution in [0.2, 0.25) is 0 Å². The SMILES string of the molecule is C1=Cc2nc1c(-c1ccccc1)c1ccc([nH]1)c(-c1ccccc1)c1nc(c(-c3ccccc3)c3ccc([nH]3)c2-c2ccccc2)C=C1.C=CC1=C(C)c2cc3[n-]c(cc4nc(cc5[n-]c(cc1n2)c(C)c5C=C)C(C)=C4CCC(=O)O)c(CCC(=O)O)c3C.[3H]PP.[Cl-].[Fe+2].[Fe+2].[Fe].[c-]1ccccc1.c1ccc2c(c1)-c1nc-2nc2[n-]c(nc3nc(nc4[n-]c(n1)c1ccccc41)-c1ccccc1-3)c1ccccc21. The quantitative estimate of drug-likeness (QED) is 0.0502. The summed E-state index contributed by atoms with van der Waals surface area (Å²) in [7, 11) is 2.52. The maximum Gasteiger partial charge on any atom is 2.00 e. The van der Waals surface area contributed by atoms with E-state index in [4.69, 9.17) is 71.1 Å². The van der Waals surface area contributed by atoms with Crippen LogP contribution in [0.1, 0.15) is 101 Å². The monoisotopic (exact) mass is 2030 g/mol. The summed E-state index contributed by atoms with van der Waals surface area (Å²) in [4.78, 5) is 100. The predicted octanol–water partition coefficient (Wildman–Crippen LogP) is 23.3. The van der Waals surface area contributed by atoms with Gasteiger partial charge in [0.25, 0.3) is 0 Å². The Labute approximate surface area is 862 Å². The van der Waals surface area contributed by atoms with E-state index in [0.717, 1.165) is 195 Å². The van der Waals surface area contributed by atoms with Crippen LogP contribution in [0.4, 0.5) is 0 Å². The zero-order chi connectivity index (χ0) is 95.3. The minimum Gasteiger partial charge on any atom is -1.00 e. The van der Waals surface area contributed by atoms with Crippen LogP contribution < -0.4 is 32.3 Å². The molecule has 18 aromatic rings. The van der Waals surface area contributed by atoms with Crippen molar-refractivity contribution >= 4 is 171 Å². The van der Waals surface area contributed by atoms with Gasteiger partial charge < -0.3 is 72.5 Å². The van der Waals surface area contributed by atoms with Crippen molar-refractivity contribution in [1.82, 2.24) is 79.7 Å². The molecule has 0 spiro atoms. The maximum atomic E-state index is 11.5. The number of aryl methyl sites for hydroxylation is 3. The number of aromatic amines is 2. The number of allylic oxidation sites excluding steroid dienone is 5. The molecule has 26 heteroatoms. The molecule has 20 nitrogen and oxygen atoms in total. The standard InChI is InChI=1S/C44H30N4.C34H34N4O4.C32H16N8.C6H5.ClH.3Fe.H4P2/c1-5-13-29(14-6-1)41-33-21-23-35(45-33)42(30-15-7-2-8-16-30)37-25-27-39(47-37)44(32-19-11-4-12-20-32)40-28-26-38(48-40)43(31-17-9-3-10-18-31)36-24-22-34(41)46-36;1-7-21-17(3)25-13-26-19(5)23(9-11-33(39)40)31(37-26)16-32-24(10-12-34(41)42)20(6)28(38-32)15-30-22(8-2)18(4)27(36-30)14-29(21)35-25;1-2-10-18-17(9-1)25-33-26(18)38-28-21-13-5-6-14-22(21)30(35-28)40-32-24-16-8-7-15-23(24)31(36-32)39-29-20-12-4-3-11-19(20)27(34-29)37-25;1-2-4-6-5-3-1;;;;;1-2/h1-28,45,48H;7-8,13-16H,1-2,9-12H2,3-6H3,(H4,35,36,37,38,39,40,41,42);1-16H;1-5H;1H;;;;1-2H2/q;;-2;-1;;;2*+2;/p-3/i;;;;;;;;1T. The van der Waals surface area contributed by atoms with Gasteiger partial charge in [0.05, 0.1) is 70.1 Å². The summed E-state index contributed by atoms with van der Waals surface area (Å²) in [6.45, 7) is 15.9. The summed E-state index contributed by atoms with van der Waals surface area (Å²) in [6, 6.07) is 103. The van der Waals surface area contributed by atoms with Crippen LogP contribution in [0.5, 0.6) is 0 Å². The summed E-state index contributed by atoms with van der Waals surface area (Å²) in [5, 5.41) is 22.5. The third kappa shape index (κ3) is 20.0. The molecule has 9 aromatic heterocycles. The number of halogens is 1. The Morgan fingerprint density at radius 2 is 0.704 bits per heavy atom. The Kier molecular flexibility index (Phi) is 30.5. The molecule has 6 aliphatic rings. The van der Waals surface area contributed by atoms with Crippen molar-refractivity contribution in [2.75, 3.05) is 0 Å². The van der Waals surface area contributed by atoms with Gasteiger partial charge >= 0.3 is 46.1 Å². The number of H-pyrrole nitrogens is 2. The van der Waals surface area contributed by atoms with Crippen molar-refractivity contribution in [3.05, 3.63) is 390 Å². The first kappa shape index (κ1) is 98.3. The second-order valence-corrected chi connectivity index (χ2v) is 33.3. The predicted molar refractivity (Wildman–Crippen MR) is 566 cm³/mol. The minimum atomic E-state index is -0.898. The van der Waals surface area contributed by atoms with E-state index < -0.39 is 11.9 Å². The molecule has 142 heavy (non-hydrogen) atoms. The number of carboxylic acid groups (broad SMARTS) is 2. The molecule has 9 aromatic carbocycles. The van der Waals surface area contributed by atoms with Crippen molar-refractivity contribution in [3.8, 4) is 90.1 Å². The van der Waals surface area contributed by atoms with E-state index in [1.807, 2.05) is 204 Å². The first-order chi connectivity index (χ1) is 68.0. The fourth-order valence-corrected chi connectivity index (χ4v) is 18.3. The molecule has 0 saturated heterocycles. The normalized spacial score (nSPS) is 11.9. The number of aliphatic carboxylic acids is 2. The van der Waals surface area contributed by atoms with Gasteiger partial charge in [-0.25, -0.2) is 29.9 Å². The first-order valence-electron chi connectivity index (χ1n) is 45.5. The summed E-state index contributed by atoms with van der Waals surface area (Å²) >= 11 is 0. The second-order valence-electron chi connectivity index (χ2n) is 33.3. The number of nitrogens with zero attached hydrogens (tertiary/aromatic N) is 14. The molecule has 698 valence electrons. The molecule has 24 rings (SSSR count). The Balaban J connectivity index is 0.000000146. The summed E-state index contributed by atoms with van der Waals surface area (Å²) in [6.07, 6.45) is 12.6. The van der Waals surface area contributed by atoms with Gasteiger partial charge in [-0.3, -0.25) is 9.59 Å². The number of rotatable bonds is 12. The Hall–Kier alpha value is -15.3. The molecule has 6 aliphatic heterocycles. The van der Waals surface area contributed by atoms with E-state index in [0.29, 0.717) is 86.7 Å². The smallest absolute Gasteiger partial charge is 1.00 e. The first-order valence-corrected chi connectivity index (χ1v) is 47.3. The van der Waals surface area contributed by atoms with Crippen molar-refractivity contribution in [2.24, 2.45) is 0 Å².